The SMILES string of the molecule is CC(C)(C)OC(=O)N[C@@H](CC1(F)CCCC1)C(=O)N[C@]1(C(O)C(N)=O)C[C@@H](F)C1. The summed E-state index contributed by atoms with van der Waals surface area (Å²) in [6.07, 6.45) is -3.05. The molecule has 10 heteroatoms. The molecule has 2 aliphatic carbocycles. The molecule has 8 nitrogen and oxygen atoms in total. The molecular formula is C19H31F2N3O5. The smallest absolute Gasteiger partial charge is 0.408 e. The van der Waals surface area contributed by atoms with Crippen molar-refractivity contribution < 1.29 is 33.0 Å². The third kappa shape index (κ3) is 6.01. The molecule has 2 atom stereocenters. The van der Waals surface area contributed by atoms with Gasteiger partial charge in [-0.15, -0.1) is 0 Å². The number of hydrogen-bond acceptors (Lipinski definition) is 5. The molecule has 0 heterocycles. The molecule has 2 aliphatic rings. The Morgan fingerprint density at radius 3 is 2.24 bits per heavy atom. The van der Waals surface area contributed by atoms with Gasteiger partial charge in [-0.25, -0.2) is 13.6 Å². The van der Waals surface area contributed by atoms with E-state index in [9.17, 15) is 23.9 Å². The van der Waals surface area contributed by atoms with Gasteiger partial charge in [-0.05, 0) is 33.6 Å². The average molecular weight is 419 g/mol. The van der Waals surface area contributed by atoms with Gasteiger partial charge in [-0.2, -0.15) is 0 Å². The van der Waals surface area contributed by atoms with E-state index in [0.717, 1.165) is 0 Å². The van der Waals surface area contributed by atoms with Gasteiger partial charge < -0.3 is 26.2 Å². The fourth-order valence-corrected chi connectivity index (χ4v) is 3.97. The zero-order valence-corrected chi connectivity index (χ0v) is 17.1. The van der Waals surface area contributed by atoms with Crippen LogP contribution in [-0.4, -0.2) is 58.1 Å². The first-order chi connectivity index (χ1) is 13.3. The number of halogens is 2. The number of amides is 3. The number of nitrogens with two attached hydrogens (primary N) is 1. The van der Waals surface area contributed by atoms with Gasteiger partial charge in [-0.1, -0.05) is 12.8 Å². The van der Waals surface area contributed by atoms with E-state index in [1.54, 1.807) is 20.8 Å². The largest absolute Gasteiger partial charge is 0.444 e. The normalized spacial score (nSPS) is 28.0. The second kappa shape index (κ2) is 8.41. The number of primary amides is 1. The van der Waals surface area contributed by atoms with Gasteiger partial charge in [-0.3, -0.25) is 9.59 Å². The molecule has 0 saturated heterocycles. The molecule has 2 rings (SSSR count). The van der Waals surface area contributed by atoms with Crippen molar-refractivity contribution in [2.45, 2.75) is 101 Å². The Balaban J connectivity index is 2.16. The van der Waals surface area contributed by atoms with Crippen LogP contribution in [0.2, 0.25) is 0 Å². The summed E-state index contributed by atoms with van der Waals surface area (Å²) < 4.78 is 33.7. The van der Waals surface area contributed by atoms with Gasteiger partial charge in [0.2, 0.25) is 11.8 Å². The monoisotopic (exact) mass is 419 g/mol. The quantitative estimate of drug-likeness (QED) is 0.495. The molecule has 0 aromatic heterocycles. The third-order valence-corrected chi connectivity index (χ3v) is 5.41. The zero-order valence-electron chi connectivity index (χ0n) is 17.1. The van der Waals surface area contributed by atoms with Gasteiger partial charge >= 0.3 is 6.09 Å². The van der Waals surface area contributed by atoms with Crippen LogP contribution in [0.1, 0.15) is 65.7 Å². The molecule has 0 spiro atoms. The number of ether oxygens (including phenoxy) is 1. The summed E-state index contributed by atoms with van der Waals surface area (Å²) >= 11 is 0. The van der Waals surface area contributed by atoms with Crippen molar-refractivity contribution in [3.8, 4) is 0 Å². The maximum absolute atomic E-state index is 15.0. The van der Waals surface area contributed by atoms with Gasteiger partial charge in [0.15, 0.2) is 6.10 Å². The Morgan fingerprint density at radius 1 is 1.24 bits per heavy atom. The van der Waals surface area contributed by atoms with E-state index < -0.39 is 53.0 Å². The molecule has 0 aromatic carbocycles. The van der Waals surface area contributed by atoms with Gasteiger partial charge in [0.1, 0.15) is 23.5 Å². The predicted octanol–water partition coefficient (Wildman–Crippen LogP) is 1.39. The standard InChI is InChI=1S/C19H31F2N3O5/c1-17(2,3)29-16(28)23-12(10-18(21)6-4-5-7-18)15(27)24-19(8-11(20)9-19)13(25)14(22)26/h11-13,25H,4-10H2,1-3H3,(H2,22,26)(H,23,28)(H,24,27)/t11-,12-,13?,19-/m0/s1. The molecule has 0 radical (unpaired) electrons. The summed E-state index contributed by atoms with van der Waals surface area (Å²) in [7, 11) is 0. The Labute approximate surface area is 168 Å². The van der Waals surface area contributed by atoms with Crippen LogP contribution in [0.25, 0.3) is 0 Å². The summed E-state index contributed by atoms with van der Waals surface area (Å²) in [5.74, 6) is -1.93. The molecule has 2 fully saturated rings. The van der Waals surface area contributed by atoms with E-state index in [0.29, 0.717) is 12.8 Å². The lowest BCUT2D eigenvalue weighted by Crippen LogP contribution is -2.70. The number of carbonyl (C=O) groups excluding carboxylic acids is 3. The molecule has 1 unspecified atom stereocenters. The Kier molecular flexibility index (Phi) is 6.76. The number of nitrogens with one attached hydrogen (secondary N) is 2. The summed E-state index contributed by atoms with van der Waals surface area (Å²) in [6, 6.07) is -1.32. The van der Waals surface area contributed by atoms with Crippen LogP contribution in [-0.2, 0) is 14.3 Å². The molecule has 0 aromatic rings. The second-order valence-electron chi connectivity index (χ2n) is 9.22. The number of alkyl carbamates (subject to hydrolysis) is 1. The predicted molar refractivity (Wildman–Crippen MR) is 100 cm³/mol. The van der Waals surface area contributed by atoms with Crippen LogP contribution in [0.5, 0.6) is 0 Å². The van der Waals surface area contributed by atoms with Crippen molar-refractivity contribution in [2.75, 3.05) is 0 Å². The number of aliphatic hydroxyl groups excluding tert-OH is 1. The summed E-state index contributed by atoms with van der Waals surface area (Å²) in [6.45, 7) is 4.93. The van der Waals surface area contributed by atoms with Gasteiger partial charge in [0.05, 0.1) is 5.54 Å². The molecule has 0 bridgehead atoms. The maximum atomic E-state index is 15.0. The van der Waals surface area contributed by atoms with Gasteiger partial charge in [0, 0.05) is 19.3 Å². The average Bonchev–Trinajstić information content (AvgIpc) is 2.96. The van der Waals surface area contributed by atoms with Crippen LogP contribution < -0.4 is 16.4 Å². The topological polar surface area (TPSA) is 131 Å². The highest BCUT2D eigenvalue weighted by atomic mass is 19.1. The minimum absolute atomic E-state index is 0.258. The van der Waals surface area contributed by atoms with Crippen LogP contribution in [0, 0.1) is 0 Å². The number of rotatable bonds is 7. The van der Waals surface area contributed by atoms with Crippen molar-refractivity contribution in [3.05, 3.63) is 0 Å². The third-order valence-electron chi connectivity index (χ3n) is 5.41. The van der Waals surface area contributed by atoms with Crippen LogP contribution in [0.3, 0.4) is 0 Å². The molecule has 29 heavy (non-hydrogen) atoms. The van der Waals surface area contributed by atoms with Crippen molar-refractivity contribution in [1.29, 1.82) is 0 Å². The second-order valence-corrected chi connectivity index (χ2v) is 9.22. The van der Waals surface area contributed by atoms with Crippen LogP contribution >= 0.6 is 0 Å². The van der Waals surface area contributed by atoms with E-state index >= 15 is 4.39 Å². The first kappa shape index (κ1) is 23.3. The van der Waals surface area contributed by atoms with E-state index in [4.69, 9.17) is 10.5 Å². The summed E-state index contributed by atoms with van der Waals surface area (Å²) in [4.78, 5) is 36.5. The van der Waals surface area contributed by atoms with Gasteiger partial charge in [0.25, 0.3) is 0 Å². The van der Waals surface area contributed by atoms with E-state index in [2.05, 4.69) is 10.6 Å². The first-order valence-corrected chi connectivity index (χ1v) is 9.87. The molecular weight excluding hydrogens is 388 g/mol. The molecule has 0 aliphatic heterocycles. The number of alkyl halides is 2. The summed E-state index contributed by atoms with van der Waals surface area (Å²) in [5, 5.41) is 14.9. The Morgan fingerprint density at radius 2 is 1.79 bits per heavy atom. The highest BCUT2D eigenvalue weighted by Gasteiger charge is 2.54. The summed E-state index contributed by atoms with van der Waals surface area (Å²) in [5.41, 5.74) is 1.09. The fourth-order valence-electron chi connectivity index (χ4n) is 3.97. The first-order valence-electron chi connectivity index (χ1n) is 9.87. The fraction of sp³-hybridized carbons (Fsp3) is 0.842. The lowest BCUT2D eigenvalue weighted by Gasteiger charge is -2.47. The number of carbonyl (C=O) groups is 3. The van der Waals surface area contributed by atoms with Crippen molar-refractivity contribution in [2.24, 2.45) is 5.73 Å². The zero-order chi connectivity index (χ0) is 22.0. The van der Waals surface area contributed by atoms with E-state index in [1.165, 1.54) is 0 Å². The highest BCUT2D eigenvalue weighted by molar-refractivity contribution is 5.88. The van der Waals surface area contributed by atoms with Crippen molar-refractivity contribution in [1.82, 2.24) is 10.6 Å². The molecule has 3 amide bonds. The Bertz CT molecular complexity index is 640. The maximum Gasteiger partial charge on any atom is 0.408 e. The lowest BCUT2D eigenvalue weighted by molar-refractivity contribution is -0.142. The van der Waals surface area contributed by atoms with Crippen molar-refractivity contribution >= 4 is 17.9 Å². The van der Waals surface area contributed by atoms with Crippen molar-refractivity contribution in [3.63, 3.8) is 0 Å². The highest BCUT2D eigenvalue weighted by Crippen LogP contribution is 2.39. The minimum atomic E-state index is -1.80. The molecule has 2 saturated carbocycles. The van der Waals surface area contributed by atoms with Crippen LogP contribution in [0.4, 0.5) is 13.6 Å². The number of hydrogen-bond donors (Lipinski definition) is 4. The van der Waals surface area contributed by atoms with E-state index in [1.807, 2.05) is 0 Å². The minimum Gasteiger partial charge on any atom is -0.444 e. The molecule has 5 N–H and O–H groups in total. The Hall–Kier alpha value is -1.97. The van der Waals surface area contributed by atoms with Crippen LogP contribution in [0.15, 0.2) is 0 Å². The molecule has 166 valence electrons. The lowest BCUT2D eigenvalue weighted by atomic mass is 9.70. The van der Waals surface area contributed by atoms with E-state index in [-0.39, 0.29) is 32.1 Å². The number of aliphatic hydroxyl groups is 1.